The van der Waals surface area contributed by atoms with Gasteiger partial charge in [-0.05, 0) is 25.5 Å². The predicted octanol–water partition coefficient (Wildman–Crippen LogP) is 1.44. The second kappa shape index (κ2) is 6.06. The number of carbonyl (C=O) groups is 2. The van der Waals surface area contributed by atoms with E-state index in [-0.39, 0.29) is 12.1 Å². The molecular formula is C11H18N2O3S2. The van der Waals surface area contributed by atoms with E-state index in [0.29, 0.717) is 16.9 Å². The maximum atomic E-state index is 12.0. The van der Waals surface area contributed by atoms with Crippen molar-refractivity contribution in [3.8, 4) is 0 Å². The van der Waals surface area contributed by atoms with Crippen LogP contribution in [0.2, 0.25) is 0 Å². The number of amides is 2. The van der Waals surface area contributed by atoms with Gasteiger partial charge in [0.15, 0.2) is 0 Å². The molecule has 0 aromatic heterocycles. The van der Waals surface area contributed by atoms with Crippen LogP contribution < -0.4 is 5.32 Å². The van der Waals surface area contributed by atoms with Gasteiger partial charge >= 0.3 is 12.0 Å². The van der Waals surface area contributed by atoms with Crippen LogP contribution in [-0.4, -0.2) is 57.2 Å². The minimum Gasteiger partial charge on any atom is -0.480 e. The number of urea groups is 1. The largest absolute Gasteiger partial charge is 0.480 e. The molecule has 2 aliphatic rings. The Hall–Kier alpha value is -0.560. The van der Waals surface area contributed by atoms with Crippen molar-refractivity contribution in [2.24, 2.45) is 0 Å². The Kier molecular flexibility index (Phi) is 4.66. The van der Waals surface area contributed by atoms with E-state index in [4.69, 9.17) is 5.11 Å². The summed E-state index contributed by atoms with van der Waals surface area (Å²) in [5.74, 6) is 0.0473. The smallest absolute Gasteiger partial charge is 0.327 e. The van der Waals surface area contributed by atoms with Gasteiger partial charge in [-0.2, -0.15) is 11.8 Å². The van der Waals surface area contributed by atoms with Gasteiger partial charge in [0.25, 0.3) is 0 Å². The Labute approximate surface area is 115 Å². The summed E-state index contributed by atoms with van der Waals surface area (Å²) in [6.45, 7) is 0. The molecule has 1 heterocycles. The van der Waals surface area contributed by atoms with Crippen molar-refractivity contribution in [3.63, 3.8) is 0 Å². The highest BCUT2D eigenvalue weighted by molar-refractivity contribution is 7.99. The van der Waals surface area contributed by atoms with Gasteiger partial charge in [-0.3, -0.25) is 0 Å². The van der Waals surface area contributed by atoms with Gasteiger partial charge in [0.2, 0.25) is 0 Å². The summed E-state index contributed by atoms with van der Waals surface area (Å²) < 4.78 is 0. The molecule has 1 aliphatic heterocycles. The van der Waals surface area contributed by atoms with Crippen LogP contribution in [-0.2, 0) is 4.79 Å². The lowest BCUT2D eigenvalue weighted by Gasteiger charge is -2.23. The van der Waals surface area contributed by atoms with Crippen LogP contribution in [0.15, 0.2) is 0 Å². The molecule has 1 saturated heterocycles. The van der Waals surface area contributed by atoms with Crippen molar-refractivity contribution >= 4 is 35.5 Å². The fourth-order valence-electron chi connectivity index (χ4n) is 2.39. The summed E-state index contributed by atoms with van der Waals surface area (Å²) in [4.78, 5) is 24.5. The number of carbonyl (C=O) groups excluding carboxylic acids is 1. The van der Waals surface area contributed by atoms with Crippen molar-refractivity contribution in [3.05, 3.63) is 0 Å². The normalized spacial score (nSPS) is 31.6. The molecule has 2 amide bonds. The van der Waals surface area contributed by atoms with Gasteiger partial charge in [0.05, 0.1) is 5.88 Å². The van der Waals surface area contributed by atoms with E-state index < -0.39 is 12.0 Å². The Morgan fingerprint density at radius 2 is 2.22 bits per heavy atom. The summed E-state index contributed by atoms with van der Waals surface area (Å²) in [5, 5.41) is 12.6. The van der Waals surface area contributed by atoms with Crippen molar-refractivity contribution in [2.45, 2.75) is 36.6 Å². The van der Waals surface area contributed by atoms with Crippen LogP contribution in [0, 0.1) is 0 Å². The Bertz CT molecular complexity index is 340. The molecule has 7 heteroatoms. The van der Waals surface area contributed by atoms with Gasteiger partial charge in [-0.25, -0.2) is 9.59 Å². The Balaban J connectivity index is 1.86. The van der Waals surface area contributed by atoms with Crippen LogP contribution >= 0.6 is 23.5 Å². The third-order valence-corrected chi connectivity index (χ3v) is 5.58. The molecule has 0 bridgehead atoms. The highest BCUT2D eigenvalue weighted by Gasteiger charge is 2.36. The fourth-order valence-corrected chi connectivity index (χ4v) is 4.33. The summed E-state index contributed by atoms with van der Waals surface area (Å²) >= 11 is 3.33. The van der Waals surface area contributed by atoms with Crippen LogP contribution in [0.3, 0.4) is 0 Å². The summed E-state index contributed by atoms with van der Waals surface area (Å²) in [7, 11) is 0. The lowest BCUT2D eigenvalue weighted by atomic mass is 10.2. The molecule has 2 fully saturated rings. The third kappa shape index (κ3) is 3.06. The van der Waals surface area contributed by atoms with Gasteiger partial charge in [0, 0.05) is 17.0 Å². The molecule has 0 radical (unpaired) electrons. The first-order valence-corrected chi connectivity index (χ1v) is 8.46. The zero-order valence-corrected chi connectivity index (χ0v) is 11.9. The molecule has 3 atom stereocenters. The molecule has 0 aromatic carbocycles. The van der Waals surface area contributed by atoms with Crippen LogP contribution in [0.4, 0.5) is 4.79 Å². The molecule has 2 N–H and O–H groups in total. The molecule has 3 unspecified atom stereocenters. The van der Waals surface area contributed by atoms with E-state index >= 15 is 0 Å². The maximum Gasteiger partial charge on any atom is 0.327 e. The van der Waals surface area contributed by atoms with E-state index in [1.54, 1.807) is 0 Å². The van der Waals surface area contributed by atoms with E-state index in [2.05, 4.69) is 11.6 Å². The number of nitrogens with one attached hydrogen (secondary N) is 1. The van der Waals surface area contributed by atoms with Gasteiger partial charge in [0.1, 0.15) is 6.04 Å². The van der Waals surface area contributed by atoms with Crippen LogP contribution in [0.1, 0.15) is 19.3 Å². The number of carboxylic acid groups (broad SMARTS) is 1. The summed E-state index contributed by atoms with van der Waals surface area (Å²) in [6.07, 6.45) is 5.21. The van der Waals surface area contributed by atoms with Crippen LogP contribution in [0.5, 0.6) is 0 Å². The Morgan fingerprint density at radius 1 is 1.44 bits per heavy atom. The second-order valence-corrected chi connectivity index (χ2v) is 6.78. The van der Waals surface area contributed by atoms with E-state index in [9.17, 15) is 9.59 Å². The van der Waals surface area contributed by atoms with Crippen molar-refractivity contribution in [2.75, 3.05) is 17.9 Å². The zero-order chi connectivity index (χ0) is 13.1. The molecular weight excluding hydrogens is 272 g/mol. The topological polar surface area (TPSA) is 69.6 Å². The molecule has 1 aliphatic carbocycles. The van der Waals surface area contributed by atoms with E-state index in [1.165, 1.54) is 16.7 Å². The number of hydrogen-bond donors (Lipinski definition) is 2. The number of aliphatic carboxylic acids is 1. The molecule has 18 heavy (non-hydrogen) atoms. The Morgan fingerprint density at radius 3 is 2.83 bits per heavy atom. The predicted molar refractivity (Wildman–Crippen MR) is 74.1 cm³/mol. The average Bonchev–Trinajstić information content (AvgIpc) is 2.96. The van der Waals surface area contributed by atoms with Gasteiger partial charge in [-0.1, -0.05) is 0 Å². The third-order valence-electron chi connectivity index (χ3n) is 3.47. The lowest BCUT2D eigenvalue weighted by Crippen LogP contribution is -2.49. The van der Waals surface area contributed by atoms with Crippen molar-refractivity contribution in [1.29, 1.82) is 0 Å². The van der Waals surface area contributed by atoms with Crippen LogP contribution in [0.25, 0.3) is 0 Å². The molecule has 102 valence electrons. The number of thioether (sulfide) groups is 2. The zero-order valence-electron chi connectivity index (χ0n) is 10.3. The van der Waals surface area contributed by atoms with Gasteiger partial charge < -0.3 is 15.3 Å². The SMILES string of the molecule is CSC1CCC(NC(=O)N2CSCC2C(=O)O)C1. The minimum atomic E-state index is -0.913. The van der Waals surface area contributed by atoms with Crippen molar-refractivity contribution in [1.82, 2.24) is 10.2 Å². The maximum absolute atomic E-state index is 12.0. The lowest BCUT2D eigenvalue weighted by molar-refractivity contribution is -0.140. The monoisotopic (exact) mass is 290 g/mol. The fraction of sp³-hybridized carbons (Fsp3) is 0.818. The van der Waals surface area contributed by atoms with E-state index in [1.807, 2.05) is 11.8 Å². The first-order chi connectivity index (χ1) is 8.61. The number of rotatable bonds is 3. The van der Waals surface area contributed by atoms with Crippen molar-refractivity contribution < 1.29 is 14.7 Å². The highest BCUT2D eigenvalue weighted by Crippen LogP contribution is 2.29. The standard InChI is InChI=1S/C11H18N2O3S2/c1-17-8-3-2-7(4-8)12-11(16)13-6-18-5-9(13)10(14)15/h7-9H,2-6H2,1H3,(H,12,16)(H,14,15). The highest BCUT2D eigenvalue weighted by atomic mass is 32.2. The summed E-state index contributed by atoms with van der Waals surface area (Å²) in [5.41, 5.74) is 0. The number of hydrogen-bond acceptors (Lipinski definition) is 4. The number of carboxylic acids is 1. The van der Waals surface area contributed by atoms with Gasteiger partial charge in [-0.15, -0.1) is 11.8 Å². The minimum absolute atomic E-state index is 0.204. The average molecular weight is 290 g/mol. The van der Waals surface area contributed by atoms with E-state index in [0.717, 1.165) is 19.3 Å². The summed E-state index contributed by atoms with van der Waals surface area (Å²) in [6, 6.07) is -0.693. The molecule has 0 aromatic rings. The quantitative estimate of drug-likeness (QED) is 0.823. The molecule has 2 rings (SSSR count). The molecule has 0 spiro atoms. The second-order valence-electron chi connectivity index (χ2n) is 4.64. The first kappa shape index (κ1) is 13.9. The first-order valence-electron chi connectivity index (χ1n) is 6.02. The number of nitrogens with zero attached hydrogens (tertiary/aromatic N) is 1. The molecule has 5 nitrogen and oxygen atoms in total. The molecule has 1 saturated carbocycles.